The Morgan fingerprint density at radius 2 is 2.22 bits per heavy atom. The maximum Gasteiger partial charge on any atom is 0.259 e. The molecule has 0 aliphatic carbocycles. The summed E-state index contributed by atoms with van der Waals surface area (Å²) in [5.74, 6) is -0.318. The van der Waals surface area contributed by atoms with E-state index in [-0.39, 0.29) is 35.1 Å². The Labute approximate surface area is 193 Å². The summed E-state index contributed by atoms with van der Waals surface area (Å²) in [6.45, 7) is 5.77. The van der Waals surface area contributed by atoms with Crippen molar-refractivity contribution < 1.29 is 23.1 Å². The molecule has 0 radical (unpaired) electrons. The molecular weight excluding hydrogens is 450 g/mol. The summed E-state index contributed by atoms with van der Waals surface area (Å²) in [5, 5.41) is 11.4. The third kappa shape index (κ3) is 5.03. The molecule has 8 nitrogen and oxygen atoms in total. The summed E-state index contributed by atoms with van der Waals surface area (Å²) in [6.07, 6.45) is 4.75. The van der Waals surface area contributed by atoms with Crippen molar-refractivity contribution in [3.05, 3.63) is 47.0 Å². The first-order valence-electron chi connectivity index (χ1n) is 10.4. The molecule has 0 bridgehead atoms. The summed E-state index contributed by atoms with van der Waals surface area (Å²) >= 11 is 1.16. The molecule has 0 unspecified atom stereocenters. The second-order valence-electron chi connectivity index (χ2n) is 7.96. The van der Waals surface area contributed by atoms with Gasteiger partial charge in [0.05, 0.1) is 19.2 Å². The standard InChI is InChI=1S/C22H29N3O5S2/c1-5-7-17-10-18-21(23-11-17)30-19(15(2)12-25(22(18)27)16(3)14-26)13-24(4)32(28,29)20-8-6-9-31-20/h5-11,15-16,19,26H,12-14H2,1-4H3/b7-5+/t15-,16-,19+/m1/s1. The van der Waals surface area contributed by atoms with Crippen molar-refractivity contribution in [1.82, 2.24) is 14.2 Å². The minimum absolute atomic E-state index is 0.0919. The minimum Gasteiger partial charge on any atom is -0.472 e. The van der Waals surface area contributed by atoms with E-state index in [4.69, 9.17) is 4.74 Å². The van der Waals surface area contributed by atoms with Crippen LogP contribution in [-0.4, -0.2) is 72.5 Å². The van der Waals surface area contributed by atoms with Crippen LogP contribution in [0.4, 0.5) is 0 Å². The number of thiophene rings is 1. The van der Waals surface area contributed by atoms with Crippen LogP contribution in [0.2, 0.25) is 0 Å². The number of hydrogen-bond donors (Lipinski definition) is 1. The van der Waals surface area contributed by atoms with Crippen molar-refractivity contribution in [1.29, 1.82) is 0 Å². The first-order chi connectivity index (χ1) is 15.2. The van der Waals surface area contributed by atoms with E-state index >= 15 is 0 Å². The number of amides is 1. The first kappa shape index (κ1) is 24.4. The molecule has 10 heteroatoms. The Kier molecular flexibility index (Phi) is 7.71. The lowest BCUT2D eigenvalue weighted by Crippen LogP contribution is -2.50. The van der Waals surface area contributed by atoms with Crippen LogP contribution in [0.15, 0.2) is 40.1 Å². The normalized spacial score (nSPS) is 20.7. The van der Waals surface area contributed by atoms with E-state index in [2.05, 4.69) is 4.98 Å². The largest absolute Gasteiger partial charge is 0.472 e. The number of nitrogens with zero attached hydrogens (tertiary/aromatic N) is 3. The third-order valence-corrected chi connectivity index (χ3v) is 8.69. The lowest BCUT2D eigenvalue weighted by Gasteiger charge is -2.37. The maximum atomic E-state index is 13.3. The van der Waals surface area contributed by atoms with Gasteiger partial charge < -0.3 is 14.7 Å². The van der Waals surface area contributed by atoms with Crippen LogP contribution >= 0.6 is 11.3 Å². The molecule has 1 aliphatic rings. The molecule has 174 valence electrons. The van der Waals surface area contributed by atoms with Crippen LogP contribution in [0.3, 0.4) is 0 Å². The zero-order valence-electron chi connectivity index (χ0n) is 18.6. The maximum absolute atomic E-state index is 13.3. The molecule has 3 heterocycles. The number of aliphatic hydroxyl groups is 1. The number of hydrogen-bond acceptors (Lipinski definition) is 7. The van der Waals surface area contributed by atoms with Crippen molar-refractivity contribution in [3.63, 3.8) is 0 Å². The first-order valence-corrected chi connectivity index (χ1v) is 12.7. The fourth-order valence-corrected chi connectivity index (χ4v) is 5.92. The molecule has 3 atom stereocenters. The molecule has 1 amide bonds. The highest BCUT2D eigenvalue weighted by Gasteiger charge is 2.36. The number of aromatic nitrogens is 1. The fraction of sp³-hybridized carbons (Fsp3) is 0.455. The number of rotatable bonds is 7. The van der Waals surface area contributed by atoms with E-state index in [0.29, 0.717) is 12.1 Å². The van der Waals surface area contributed by atoms with Crippen LogP contribution in [0, 0.1) is 5.92 Å². The van der Waals surface area contributed by atoms with Gasteiger partial charge in [0.1, 0.15) is 15.9 Å². The van der Waals surface area contributed by atoms with E-state index in [0.717, 1.165) is 16.9 Å². The summed E-state index contributed by atoms with van der Waals surface area (Å²) in [7, 11) is -2.13. The number of sulfonamides is 1. The molecule has 0 aromatic carbocycles. The van der Waals surface area contributed by atoms with Crippen molar-refractivity contribution in [2.45, 2.75) is 37.1 Å². The number of fused-ring (bicyclic) bond motifs is 1. The lowest BCUT2D eigenvalue weighted by atomic mass is 10.00. The van der Waals surface area contributed by atoms with Gasteiger partial charge in [-0.25, -0.2) is 13.4 Å². The topological polar surface area (TPSA) is 100 Å². The fourth-order valence-electron chi connectivity index (χ4n) is 3.54. The number of carbonyl (C=O) groups excluding carboxylic acids is 1. The third-order valence-electron chi connectivity index (χ3n) is 5.50. The second kappa shape index (κ2) is 10.1. The highest BCUT2D eigenvalue weighted by atomic mass is 32.2. The summed E-state index contributed by atoms with van der Waals surface area (Å²) in [6, 6.07) is 4.57. The number of carbonyl (C=O) groups is 1. The summed E-state index contributed by atoms with van der Waals surface area (Å²) < 4.78 is 33.5. The van der Waals surface area contributed by atoms with Gasteiger partial charge in [-0.05, 0) is 36.9 Å². The zero-order chi connectivity index (χ0) is 23.5. The molecule has 0 spiro atoms. The van der Waals surface area contributed by atoms with Gasteiger partial charge in [-0.15, -0.1) is 11.3 Å². The number of likely N-dealkylation sites (N-methyl/N-ethyl adjacent to an activating group) is 1. The summed E-state index contributed by atoms with van der Waals surface area (Å²) in [4.78, 5) is 19.3. The monoisotopic (exact) mass is 479 g/mol. The zero-order valence-corrected chi connectivity index (χ0v) is 20.3. The van der Waals surface area contributed by atoms with Crippen molar-refractivity contribution in [2.24, 2.45) is 5.92 Å². The number of aliphatic hydroxyl groups excluding tert-OH is 1. The minimum atomic E-state index is -3.65. The van der Waals surface area contributed by atoms with Gasteiger partial charge in [-0.2, -0.15) is 4.31 Å². The molecule has 2 aromatic rings. The Balaban J connectivity index is 1.98. The molecule has 2 aromatic heterocycles. The summed E-state index contributed by atoms with van der Waals surface area (Å²) in [5.41, 5.74) is 1.05. The van der Waals surface area contributed by atoms with Crippen molar-refractivity contribution in [2.75, 3.05) is 26.7 Å². The Morgan fingerprint density at radius 3 is 2.84 bits per heavy atom. The molecule has 1 aliphatic heterocycles. The molecule has 32 heavy (non-hydrogen) atoms. The van der Waals surface area contributed by atoms with Crippen LogP contribution in [0.5, 0.6) is 5.88 Å². The van der Waals surface area contributed by atoms with E-state index in [9.17, 15) is 18.3 Å². The van der Waals surface area contributed by atoms with Crippen LogP contribution in [0.1, 0.15) is 36.7 Å². The number of ether oxygens (including phenoxy) is 1. The van der Waals surface area contributed by atoms with E-state index in [1.54, 1.807) is 41.6 Å². The van der Waals surface area contributed by atoms with Gasteiger partial charge in [0.15, 0.2) is 0 Å². The second-order valence-corrected chi connectivity index (χ2v) is 11.2. The Bertz CT molecular complexity index is 1070. The SMILES string of the molecule is C/C=C/c1cnc2c(c1)C(=O)N([C@H](C)CO)C[C@@H](C)[C@H](CN(C)S(=O)(=O)c1cccs1)O2. The van der Waals surface area contributed by atoms with E-state index < -0.39 is 22.2 Å². The van der Waals surface area contributed by atoms with Crippen LogP contribution in [0.25, 0.3) is 6.08 Å². The molecule has 1 N–H and O–H groups in total. The van der Waals surface area contributed by atoms with Crippen LogP contribution in [-0.2, 0) is 10.0 Å². The Morgan fingerprint density at radius 1 is 1.47 bits per heavy atom. The van der Waals surface area contributed by atoms with Gasteiger partial charge in [0, 0.05) is 25.7 Å². The van der Waals surface area contributed by atoms with Gasteiger partial charge in [-0.1, -0.05) is 25.1 Å². The molecule has 0 saturated carbocycles. The Hall–Kier alpha value is -2.27. The predicted octanol–water partition coefficient (Wildman–Crippen LogP) is 2.72. The van der Waals surface area contributed by atoms with Gasteiger partial charge in [-0.3, -0.25) is 4.79 Å². The number of allylic oxidation sites excluding steroid dienone is 1. The van der Waals surface area contributed by atoms with Gasteiger partial charge in [0.2, 0.25) is 5.88 Å². The smallest absolute Gasteiger partial charge is 0.259 e. The molecule has 0 saturated heterocycles. The number of pyridine rings is 1. The molecule has 0 fully saturated rings. The van der Waals surface area contributed by atoms with Crippen molar-refractivity contribution >= 4 is 33.3 Å². The quantitative estimate of drug-likeness (QED) is 0.656. The van der Waals surface area contributed by atoms with E-state index in [1.165, 1.54) is 11.4 Å². The van der Waals surface area contributed by atoms with E-state index in [1.807, 2.05) is 26.0 Å². The lowest BCUT2D eigenvalue weighted by molar-refractivity contribution is 0.0373. The van der Waals surface area contributed by atoms with Gasteiger partial charge >= 0.3 is 0 Å². The highest BCUT2D eigenvalue weighted by Crippen LogP contribution is 2.29. The van der Waals surface area contributed by atoms with Gasteiger partial charge in [0.25, 0.3) is 15.9 Å². The highest BCUT2D eigenvalue weighted by molar-refractivity contribution is 7.91. The van der Waals surface area contributed by atoms with Crippen LogP contribution < -0.4 is 4.74 Å². The van der Waals surface area contributed by atoms with Crippen molar-refractivity contribution in [3.8, 4) is 5.88 Å². The molecular formula is C22H29N3O5S2. The average molecular weight is 480 g/mol. The molecule has 3 rings (SSSR count). The predicted molar refractivity (Wildman–Crippen MR) is 124 cm³/mol. The average Bonchev–Trinajstić information content (AvgIpc) is 3.32.